The van der Waals surface area contributed by atoms with Crippen LogP contribution in [0.2, 0.25) is 5.02 Å². The van der Waals surface area contributed by atoms with Gasteiger partial charge in [-0.25, -0.2) is 4.98 Å². The molecule has 24 heavy (non-hydrogen) atoms. The molecule has 1 aromatic heterocycles. The van der Waals surface area contributed by atoms with Crippen LogP contribution >= 0.6 is 11.6 Å². The number of halogens is 1. The number of rotatable bonds is 3. The van der Waals surface area contributed by atoms with Gasteiger partial charge in [-0.1, -0.05) is 35.9 Å². The first-order chi connectivity index (χ1) is 11.7. The van der Waals surface area contributed by atoms with E-state index in [4.69, 9.17) is 16.6 Å². The van der Waals surface area contributed by atoms with Gasteiger partial charge in [-0.3, -0.25) is 4.90 Å². The van der Waals surface area contributed by atoms with Gasteiger partial charge in [0.25, 0.3) is 0 Å². The maximum atomic E-state index is 6.28. The zero-order chi connectivity index (χ0) is 16.5. The lowest BCUT2D eigenvalue weighted by Gasteiger charge is -2.34. The van der Waals surface area contributed by atoms with Crippen LogP contribution in [0.4, 0.5) is 0 Å². The molecule has 3 aromatic rings. The molecule has 0 bridgehead atoms. The standard InChI is InChI=1S/C19H21ClN4/c1-23-17-8-3-2-7-16(17)22-19(23)18(24-11-9-21-10-12-24)14-5-4-6-15(20)13-14/h2-8,13,18,21H,9-12H2,1H3. The summed E-state index contributed by atoms with van der Waals surface area (Å²) in [6.07, 6.45) is 0. The fourth-order valence-corrected chi connectivity index (χ4v) is 3.75. The molecule has 1 aliphatic rings. The van der Waals surface area contributed by atoms with Crippen LogP contribution in [0.3, 0.4) is 0 Å². The third-order valence-corrected chi connectivity index (χ3v) is 4.98. The fourth-order valence-electron chi connectivity index (χ4n) is 3.55. The van der Waals surface area contributed by atoms with Gasteiger partial charge >= 0.3 is 0 Å². The number of benzene rings is 2. The van der Waals surface area contributed by atoms with Gasteiger partial charge in [0.2, 0.25) is 0 Å². The molecule has 0 radical (unpaired) electrons. The Morgan fingerprint density at radius 2 is 1.88 bits per heavy atom. The average Bonchev–Trinajstić information content (AvgIpc) is 2.93. The molecule has 1 fully saturated rings. The third kappa shape index (κ3) is 2.81. The van der Waals surface area contributed by atoms with Gasteiger partial charge in [-0.15, -0.1) is 0 Å². The highest BCUT2D eigenvalue weighted by molar-refractivity contribution is 6.30. The maximum Gasteiger partial charge on any atom is 0.131 e. The monoisotopic (exact) mass is 340 g/mol. The van der Waals surface area contributed by atoms with E-state index in [1.54, 1.807) is 0 Å². The number of aromatic nitrogens is 2. The van der Waals surface area contributed by atoms with E-state index >= 15 is 0 Å². The number of para-hydroxylation sites is 2. The molecule has 0 saturated carbocycles. The van der Waals surface area contributed by atoms with Gasteiger partial charge in [0.05, 0.1) is 17.1 Å². The Labute approximate surface area is 147 Å². The lowest BCUT2D eigenvalue weighted by molar-refractivity contribution is 0.190. The van der Waals surface area contributed by atoms with Crippen LogP contribution in [0, 0.1) is 0 Å². The molecule has 0 aliphatic carbocycles. The Balaban J connectivity index is 1.86. The van der Waals surface area contributed by atoms with E-state index in [1.807, 2.05) is 18.2 Å². The molecule has 1 atom stereocenters. The topological polar surface area (TPSA) is 33.1 Å². The van der Waals surface area contributed by atoms with Crippen molar-refractivity contribution in [3.8, 4) is 0 Å². The summed E-state index contributed by atoms with van der Waals surface area (Å²) >= 11 is 6.28. The van der Waals surface area contributed by atoms with Crippen molar-refractivity contribution in [2.24, 2.45) is 7.05 Å². The number of piperazine rings is 1. The van der Waals surface area contributed by atoms with Gasteiger partial charge in [0.15, 0.2) is 0 Å². The highest BCUT2D eigenvalue weighted by Gasteiger charge is 2.28. The molecule has 4 nitrogen and oxygen atoms in total. The first-order valence-electron chi connectivity index (χ1n) is 8.35. The van der Waals surface area contributed by atoms with Crippen molar-refractivity contribution in [1.29, 1.82) is 0 Å². The quantitative estimate of drug-likeness (QED) is 0.794. The SMILES string of the molecule is Cn1c(C(c2cccc(Cl)c2)N2CCNCC2)nc2ccccc21. The summed E-state index contributed by atoms with van der Waals surface area (Å²) in [6, 6.07) is 16.6. The highest BCUT2D eigenvalue weighted by Crippen LogP contribution is 2.31. The van der Waals surface area contributed by atoms with Crippen molar-refractivity contribution in [2.45, 2.75) is 6.04 Å². The molecule has 1 saturated heterocycles. The molecule has 124 valence electrons. The molecule has 0 spiro atoms. The van der Waals surface area contributed by atoms with Crippen LogP contribution in [0.15, 0.2) is 48.5 Å². The van der Waals surface area contributed by atoms with Crippen LogP contribution < -0.4 is 5.32 Å². The summed E-state index contributed by atoms with van der Waals surface area (Å²) in [5, 5.41) is 4.20. The van der Waals surface area contributed by atoms with E-state index < -0.39 is 0 Å². The van der Waals surface area contributed by atoms with Crippen molar-refractivity contribution in [3.63, 3.8) is 0 Å². The molecular weight excluding hydrogens is 320 g/mol. The Bertz CT molecular complexity index is 851. The first-order valence-corrected chi connectivity index (χ1v) is 8.73. The maximum absolute atomic E-state index is 6.28. The summed E-state index contributed by atoms with van der Waals surface area (Å²) in [7, 11) is 2.10. The van der Waals surface area contributed by atoms with Crippen molar-refractivity contribution < 1.29 is 0 Å². The number of nitrogens with zero attached hydrogens (tertiary/aromatic N) is 3. The molecular formula is C19H21ClN4. The Hall–Kier alpha value is -1.88. The Kier molecular flexibility index (Phi) is 4.27. The summed E-state index contributed by atoms with van der Waals surface area (Å²) < 4.78 is 2.21. The molecule has 4 rings (SSSR count). The Morgan fingerprint density at radius 3 is 2.62 bits per heavy atom. The lowest BCUT2D eigenvalue weighted by atomic mass is 10.0. The average molecular weight is 341 g/mol. The van der Waals surface area contributed by atoms with E-state index in [1.165, 1.54) is 5.56 Å². The number of imidazole rings is 1. The molecule has 1 aliphatic heterocycles. The van der Waals surface area contributed by atoms with Crippen LogP contribution in [0.25, 0.3) is 11.0 Å². The van der Waals surface area contributed by atoms with Crippen molar-refractivity contribution in [1.82, 2.24) is 19.8 Å². The second kappa shape index (κ2) is 6.55. The Morgan fingerprint density at radius 1 is 1.08 bits per heavy atom. The van der Waals surface area contributed by atoms with E-state index in [2.05, 4.69) is 52.2 Å². The summed E-state index contributed by atoms with van der Waals surface area (Å²) in [4.78, 5) is 7.44. The molecule has 2 heterocycles. The zero-order valence-electron chi connectivity index (χ0n) is 13.7. The molecule has 0 amide bonds. The van der Waals surface area contributed by atoms with Gasteiger partial charge < -0.3 is 9.88 Å². The van der Waals surface area contributed by atoms with Crippen LogP contribution in [-0.4, -0.2) is 40.6 Å². The predicted octanol–water partition coefficient (Wildman–Crippen LogP) is 3.22. The van der Waals surface area contributed by atoms with Crippen LogP contribution in [-0.2, 0) is 7.05 Å². The van der Waals surface area contributed by atoms with Gasteiger partial charge in [0.1, 0.15) is 5.82 Å². The zero-order valence-corrected chi connectivity index (χ0v) is 14.5. The highest BCUT2D eigenvalue weighted by atomic mass is 35.5. The second-order valence-corrected chi connectivity index (χ2v) is 6.70. The van der Waals surface area contributed by atoms with Gasteiger partial charge in [-0.05, 0) is 29.8 Å². The second-order valence-electron chi connectivity index (χ2n) is 6.26. The van der Waals surface area contributed by atoms with Crippen molar-refractivity contribution in [3.05, 3.63) is 64.9 Å². The largest absolute Gasteiger partial charge is 0.329 e. The summed E-state index contributed by atoms with van der Waals surface area (Å²) in [5.41, 5.74) is 3.40. The van der Waals surface area contributed by atoms with Crippen LogP contribution in [0.1, 0.15) is 17.4 Å². The minimum atomic E-state index is 0.114. The normalized spacial score (nSPS) is 17.2. The van der Waals surface area contributed by atoms with E-state index in [9.17, 15) is 0 Å². The minimum Gasteiger partial charge on any atom is -0.329 e. The number of hydrogen-bond donors (Lipinski definition) is 1. The van der Waals surface area contributed by atoms with Gasteiger partial charge in [0, 0.05) is 38.2 Å². The predicted molar refractivity (Wildman–Crippen MR) is 98.5 cm³/mol. The summed E-state index contributed by atoms with van der Waals surface area (Å²) in [5.74, 6) is 1.07. The lowest BCUT2D eigenvalue weighted by Crippen LogP contribution is -2.46. The molecule has 5 heteroatoms. The van der Waals surface area contributed by atoms with E-state index in [0.717, 1.165) is 48.1 Å². The minimum absolute atomic E-state index is 0.114. The van der Waals surface area contributed by atoms with Crippen molar-refractivity contribution in [2.75, 3.05) is 26.2 Å². The third-order valence-electron chi connectivity index (χ3n) is 4.75. The molecule has 1 unspecified atom stereocenters. The summed E-state index contributed by atoms with van der Waals surface area (Å²) in [6.45, 7) is 4.00. The van der Waals surface area contributed by atoms with Crippen LogP contribution in [0.5, 0.6) is 0 Å². The van der Waals surface area contributed by atoms with Gasteiger partial charge in [-0.2, -0.15) is 0 Å². The first kappa shape index (κ1) is 15.6. The number of hydrogen-bond acceptors (Lipinski definition) is 3. The smallest absolute Gasteiger partial charge is 0.131 e. The van der Waals surface area contributed by atoms with E-state index in [-0.39, 0.29) is 6.04 Å². The number of fused-ring (bicyclic) bond motifs is 1. The van der Waals surface area contributed by atoms with Crippen molar-refractivity contribution >= 4 is 22.6 Å². The number of aryl methyl sites for hydroxylation is 1. The fraction of sp³-hybridized carbons (Fsp3) is 0.316. The van der Waals surface area contributed by atoms with E-state index in [0.29, 0.717) is 0 Å². The molecule has 2 aromatic carbocycles. The number of nitrogens with one attached hydrogen (secondary N) is 1. The molecule has 1 N–H and O–H groups in total.